The molecular weight excluding hydrogens is 444 g/mol. The maximum absolute atomic E-state index is 12.6. The summed E-state index contributed by atoms with van der Waals surface area (Å²) in [6.07, 6.45) is 0. The predicted molar refractivity (Wildman–Crippen MR) is 127 cm³/mol. The van der Waals surface area contributed by atoms with Crippen LogP contribution in [0.2, 0.25) is 0 Å². The fourth-order valence-electron chi connectivity index (χ4n) is 3.72. The number of esters is 1. The molecule has 2 aromatic carbocycles. The molecule has 0 aromatic heterocycles. The molecule has 1 amide bonds. The third-order valence-electron chi connectivity index (χ3n) is 5.66. The zero-order chi connectivity index (χ0) is 24.2. The molecule has 0 saturated carbocycles. The maximum atomic E-state index is 12.6. The molecule has 1 fully saturated rings. The van der Waals surface area contributed by atoms with Gasteiger partial charge in [0.25, 0.3) is 0 Å². The van der Waals surface area contributed by atoms with Crippen LogP contribution >= 0.6 is 0 Å². The number of nitrogens with one attached hydrogen (secondary N) is 1. The van der Waals surface area contributed by atoms with Crippen molar-refractivity contribution in [1.29, 1.82) is 0 Å². The lowest BCUT2D eigenvalue weighted by atomic mass is 10.1. The van der Waals surface area contributed by atoms with Gasteiger partial charge in [-0.15, -0.1) is 0 Å². The van der Waals surface area contributed by atoms with Crippen LogP contribution in [0.15, 0.2) is 53.4 Å². The van der Waals surface area contributed by atoms with Gasteiger partial charge in [-0.05, 0) is 49.4 Å². The molecule has 2 aromatic rings. The monoisotopic (exact) mass is 474 g/mol. The number of anilines is 2. The van der Waals surface area contributed by atoms with Crippen LogP contribution in [0.3, 0.4) is 0 Å². The lowest BCUT2D eigenvalue weighted by molar-refractivity contribution is -0.117. The molecule has 0 aliphatic carbocycles. The van der Waals surface area contributed by atoms with E-state index in [0.717, 1.165) is 23.1 Å². The molecule has 1 unspecified atom stereocenters. The summed E-state index contributed by atoms with van der Waals surface area (Å²) >= 11 is 0. The minimum Gasteiger partial charge on any atom is -0.465 e. The highest BCUT2D eigenvalue weighted by atomic mass is 32.2. The Morgan fingerprint density at radius 1 is 1.12 bits per heavy atom. The van der Waals surface area contributed by atoms with Gasteiger partial charge in [-0.2, -0.15) is 0 Å². The third-order valence-corrected chi connectivity index (χ3v) is 7.47. The first-order chi connectivity index (χ1) is 15.6. The number of rotatable bonds is 7. The van der Waals surface area contributed by atoms with Crippen molar-refractivity contribution in [2.75, 3.05) is 57.6 Å². The van der Waals surface area contributed by atoms with E-state index in [0.29, 0.717) is 17.8 Å². The van der Waals surface area contributed by atoms with Crippen molar-refractivity contribution in [1.82, 2.24) is 9.21 Å². The topological polar surface area (TPSA) is 99.3 Å². The van der Waals surface area contributed by atoms with Gasteiger partial charge in [0.1, 0.15) is 0 Å². The Morgan fingerprint density at radius 2 is 1.82 bits per heavy atom. The van der Waals surface area contributed by atoms with Crippen molar-refractivity contribution in [3.05, 3.63) is 54.1 Å². The number of sulfonamides is 1. The zero-order valence-electron chi connectivity index (χ0n) is 19.3. The van der Waals surface area contributed by atoms with Crippen LogP contribution in [-0.4, -0.2) is 82.9 Å². The summed E-state index contributed by atoms with van der Waals surface area (Å²) in [6.45, 7) is 4.45. The van der Waals surface area contributed by atoms with Crippen LogP contribution in [0, 0.1) is 0 Å². The smallest absolute Gasteiger partial charge is 0.337 e. The molecule has 0 bridgehead atoms. The molecule has 1 N–H and O–H groups in total. The van der Waals surface area contributed by atoms with Crippen molar-refractivity contribution in [3.8, 4) is 0 Å². The molecule has 0 spiro atoms. The van der Waals surface area contributed by atoms with Crippen molar-refractivity contribution < 1.29 is 22.7 Å². The summed E-state index contributed by atoms with van der Waals surface area (Å²) in [5.41, 5.74) is 1.96. The van der Waals surface area contributed by atoms with Crippen molar-refractivity contribution >= 4 is 33.3 Å². The Hall–Kier alpha value is -2.95. The average molecular weight is 475 g/mol. The molecule has 10 heteroatoms. The fraction of sp³-hybridized carbons (Fsp3) is 0.391. The first kappa shape index (κ1) is 24.7. The summed E-state index contributed by atoms with van der Waals surface area (Å²) in [6, 6.07) is 13.7. The molecule has 1 atom stereocenters. The predicted octanol–water partition coefficient (Wildman–Crippen LogP) is 1.87. The van der Waals surface area contributed by atoms with Crippen LogP contribution in [0.5, 0.6) is 0 Å². The minimum atomic E-state index is -3.57. The second-order valence-electron chi connectivity index (χ2n) is 8.17. The number of hydrogen-bond acceptors (Lipinski definition) is 7. The number of ether oxygens (including phenoxy) is 1. The number of piperazine rings is 1. The largest absolute Gasteiger partial charge is 0.465 e. The number of methoxy groups -OCH3 is 1. The summed E-state index contributed by atoms with van der Waals surface area (Å²) in [5.74, 6) is -0.562. The molecule has 1 heterocycles. The number of amides is 1. The van der Waals surface area contributed by atoms with E-state index in [1.54, 1.807) is 24.3 Å². The van der Waals surface area contributed by atoms with E-state index in [2.05, 4.69) is 22.0 Å². The van der Waals surface area contributed by atoms with E-state index < -0.39 is 10.0 Å². The van der Waals surface area contributed by atoms with Gasteiger partial charge in [-0.25, -0.2) is 17.5 Å². The molecule has 0 radical (unpaired) electrons. The summed E-state index contributed by atoms with van der Waals surface area (Å²) in [5, 5.41) is 2.81. The lowest BCUT2D eigenvalue weighted by Crippen LogP contribution is -2.53. The Balaban J connectivity index is 1.58. The first-order valence-corrected chi connectivity index (χ1v) is 12.1. The Bertz CT molecular complexity index is 1100. The molecule has 33 heavy (non-hydrogen) atoms. The number of carbonyl (C=O) groups is 2. The molecule has 1 aliphatic heterocycles. The standard InChI is InChI=1S/C23H30N4O5S/c1-17-15-27(20-10-8-18(9-11-20)23(29)32-4)13-12-26(17)16-22(28)24-19-6-5-7-21(14-19)33(30,31)25(2)3/h5-11,14,17H,12-13,15-16H2,1-4H3,(H,24,28). The second kappa shape index (κ2) is 10.3. The Labute approximate surface area is 195 Å². The van der Waals surface area contributed by atoms with E-state index in [9.17, 15) is 18.0 Å². The van der Waals surface area contributed by atoms with E-state index in [4.69, 9.17) is 4.74 Å². The zero-order valence-corrected chi connectivity index (χ0v) is 20.1. The lowest BCUT2D eigenvalue weighted by Gasteiger charge is -2.40. The quantitative estimate of drug-likeness (QED) is 0.612. The number of nitrogens with zero attached hydrogens (tertiary/aromatic N) is 3. The van der Waals surface area contributed by atoms with Crippen molar-refractivity contribution in [2.45, 2.75) is 17.9 Å². The highest BCUT2D eigenvalue weighted by molar-refractivity contribution is 7.89. The summed E-state index contributed by atoms with van der Waals surface area (Å²) in [7, 11) is 0.719. The van der Waals surface area contributed by atoms with Gasteiger partial charge < -0.3 is 15.0 Å². The minimum absolute atomic E-state index is 0.130. The highest BCUT2D eigenvalue weighted by Gasteiger charge is 2.26. The Morgan fingerprint density at radius 3 is 2.42 bits per heavy atom. The first-order valence-electron chi connectivity index (χ1n) is 10.6. The summed E-state index contributed by atoms with van der Waals surface area (Å²) < 4.78 is 30.5. The molecular formula is C23H30N4O5S. The van der Waals surface area contributed by atoms with Crippen LogP contribution in [0.25, 0.3) is 0 Å². The molecule has 1 saturated heterocycles. The van der Waals surface area contributed by atoms with Crippen LogP contribution < -0.4 is 10.2 Å². The molecule has 9 nitrogen and oxygen atoms in total. The molecule has 3 rings (SSSR count). The van der Waals surface area contributed by atoms with E-state index in [1.165, 1.54) is 33.3 Å². The molecule has 178 valence electrons. The third kappa shape index (κ3) is 5.89. The number of benzene rings is 2. The van der Waals surface area contributed by atoms with Gasteiger partial charge in [0.15, 0.2) is 0 Å². The normalized spacial score (nSPS) is 17.1. The molecule has 1 aliphatic rings. The fourth-order valence-corrected chi connectivity index (χ4v) is 4.67. The summed E-state index contributed by atoms with van der Waals surface area (Å²) in [4.78, 5) is 28.7. The van der Waals surface area contributed by atoms with E-state index >= 15 is 0 Å². The number of carbonyl (C=O) groups excluding carboxylic acids is 2. The van der Waals surface area contributed by atoms with E-state index in [-0.39, 0.29) is 29.4 Å². The van der Waals surface area contributed by atoms with Crippen LogP contribution in [-0.2, 0) is 19.6 Å². The second-order valence-corrected chi connectivity index (χ2v) is 10.3. The van der Waals surface area contributed by atoms with Gasteiger partial charge in [0.05, 0.1) is 24.1 Å². The van der Waals surface area contributed by atoms with Gasteiger partial charge in [-0.1, -0.05) is 6.07 Å². The van der Waals surface area contributed by atoms with Gasteiger partial charge in [-0.3, -0.25) is 9.69 Å². The van der Waals surface area contributed by atoms with Gasteiger partial charge in [0, 0.05) is 51.1 Å². The SMILES string of the molecule is COC(=O)c1ccc(N2CCN(CC(=O)Nc3cccc(S(=O)(=O)N(C)C)c3)C(C)C2)cc1. The van der Waals surface area contributed by atoms with Crippen LogP contribution in [0.1, 0.15) is 17.3 Å². The van der Waals surface area contributed by atoms with Gasteiger partial charge in [0.2, 0.25) is 15.9 Å². The maximum Gasteiger partial charge on any atom is 0.337 e. The van der Waals surface area contributed by atoms with E-state index in [1.807, 2.05) is 12.1 Å². The highest BCUT2D eigenvalue weighted by Crippen LogP contribution is 2.21. The van der Waals surface area contributed by atoms with Crippen molar-refractivity contribution in [3.63, 3.8) is 0 Å². The van der Waals surface area contributed by atoms with Gasteiger partial charge >= 0.3 is 5.97 Å². The number of hydrogen-bond donors (Lipinski definition) is 1. The average Bonchev–Trinajstić information content (AvgIpc) is 2.80. The van der Waals surface area contributed by atoms with Crippen molar-refractivity contribution in [2.24, 2.45) is 0 Å². The van der Waals surface area contributed by atoms with Crippen LogP contribution in [0.4, 0.5) is 11.4 Å². The Kier molecular flexibility index (Phi) is 7.72.